The van der Waals surface area contributed by atoms with Gasteiger partial charge in [0.05, 0.1) is 10.6 Å². The highest BCUT2D eigenvalue weighted by Crippen LogP contribution is 2.16. The predicted octanol–water partition coefficient (Wildman–Crippen LogP) is 1.32. The summed E-state index contributed by atoms with van der Waals surface area (Å²) in [6, 6.07) is 7.03. The van der Waals surface area contributed by atoms with Crippen molar-refractivity contribution >= 4 is 15.7 Å². The molecule has 0 saturated heterocycles. The fourth-order valence-electron chi connectivity index (χ4n) is 1.63. The van der Waals surface area contributed by atoms with Crippen LogP contribution in [0.3, 0.4) is 0 Å². The molecule has 1 heterocycles. The van der Waals surface area contributed by atoms with Gasteiger partial charge in [0.25, 0.3) is 0 Å². The summed E-state index contributed by atoms with van der Waals surface area (Å²) in [4.78, 5) is 3.80. The highest BCUT2D eigenvalue weighted by Gasteiger charge is 2.15. The van der Waals surface area contributed by atoms with Crippen LogP contribution in [0.5, 0.6) is 0 Å². The molecule has 20 heavy (non-hydrogen) atoms. The topological polar surface area (TPSA) is 85.1 Å². The fraction of sp³-hybridized carbons (Fsp3) is 0.154. The number of rotatable bonds is 5. The van der Waals surface area contributed by atoms with Crippen LogP contribution < -0.4 is 10.5 Å². The van der Waals surface area contributed by atoms with E-state index in [1.54, 1.807) is 18.5 Å². The Morgan fingerprint density at radius 2 is 2.10 bits per heavy atom. The molecular weight excluding hydrogens is 281 g/mol. The van der Waals surface area contributed by atoms with Crippen molar-refractivity contribution in [2.24, 2.45) is 0 Å². The number of anilines is 1. The zero-order chi connectivity index (χ0) is 14.6. The van der Waals surface area contributed by atoms with Crippen molar-refractivity contribution in [3.8, 4) is 0 Å². The molecule has 0 aliphatic heterocycles. The number of halogens is 1. The maximum Gasteiger partial charge on any atom is 0.240 e. The first kappa shape index (κ1) is 14.4. The minimum atomic E-state index is -3.74. The first-order valence-corrected chi connectivity index (χ1v) is 7.41. The average Bonchev–Trinajstić information content (AvgIpc) is 2.43. The molecule has 3 N–H and O–H groups in total. The second-order valence-corrected chi connectivity index (χ2v) is 5.96. The molecule has 0 atom stereocenters. The molecule has 0 bridgehead atoms. The Bertz CT molecular complexity index is 690. The Balaban J connectivity index is 2.02. The normalized spacial score (nSPS) is 11.4. The molecule has 2 aromatic rings. The van der Waals surface area contributed by atoms with Gasteiger partial charge >= 0.3 is 0 Å². The molecule has 0 amide bonds. The van der Waals surface area contributed by atoms with Crippen LogP contribution in [0, 0.1) is 5.82 Å². The number of aromatic nitrogens is 1. The number of nitrogens with one attached hydrogen (secondary N) is 1. The number of hydrogen-bond acceptors (Lipinski definition) is 4. The maximum atomic E-state index is 13.3. The second-order valence-electron chi connectivity index (χ2n) is 4.19. The van der Waals surface area contributed by atoms with E-state index in [1.165, 1.54) is 12.1 Å². The van der Waals surface area contributed by atoms with Crippen LogP contribution in [0.4, 0.5) is 10.1 Å². The van der Waals surface area contributed by atoms with Gasteiger partial charge in [-0.05, 0) is 36.2 Å². The summed E-state index contributed by atoms with van der Waals surface area (Å²) in [6.45, 7) is 0.208. The van der Waals surface area contributed by atoms with Crippen molar-refractivity contribution in [3.05, 3.63) is 54.1 Å². The number of nitrogens with zero attached hydrogens (tertiary/aromatic N) is 1. The van der Waals surface area contributed by atoms with Crippen LogP contribution in [0.25, 0.3) is 0 Å². The lowest BCUT2D eigenvalue weighted by Crippen LogP contribution is -2.26. The number of hydrogen-bond donors (Lipinski definition) is 2. The minimum Gasteiger partial charge on any atom is -0.396 e. The van der Waals surface area contributed by atoms with E-state index in [0.717, 1.165) is 11.6 Å². The second kappa shape index (κ2) is 5.98. The van der Waals surface area contributed by atoms with E-state index in [2.05, 4.69) is 9.71 Å². The van der Waals surface area contributed by atoms with Gasteiger partial charge in [-0.3, -0.25) is 4.98 Å². The van der Waals surface area contributed by atoms with Crippen LogP contribution >= 0.6 is 0 Å². The van der Waals surface area contributed by atoms with Crippen molar-refractivity contribution in [2.45, 2.75) is 11.3 Å². The highest BCUT2D eigenvalue weighted by molar-refractivity contribution is 7.89. The van der Waals surface area contributed by atoms with Crippen molar-refractivity contribution in [3.63, 3.8) is 0 Å². The molecule has 7 heteroatoms. The van der Waals surface area contributed by atoms with Crippen molar-refractivity contribution < 1.29 is 12.8 Å². The summed E-state index contributed by atoms with van der Waals surface area (Å²) in [5.41, 5.74) is 6.14. The summed E-state index contributed by atoms with van der Waals surface area (Å²) >= 11 is 0. The van der Waals surface area contributed by atoms with Gasteiger partial charge in [-0.2, -0.15) is 0 Å². The maximum absolute atomic E-state index is 13.3. The number of benzene rings is 1. The molecular formula is C13H14FN3O2S. The third kappa shape index (κ3) is 3.52. The highest BCUT2D eigenvalue weighted by atomic mass is 32.2. The summed E-state index contributed by atoms with van der Waals surface area (Å²) in [7, 11) is -3.74. The average molecular weight is 295 g/mol. The van der Waals surface area contributed by atoms with Crippen LogP contribution in [-0.4, -0.2) is 19.9 Å². The van der Waals surface area contributed by atoms with Gasteiger partial charge in [-0.25, -0.2) is 17.5 Å². The van der Waals surface area contributed by atoms with E-state index < -0.39 is 15.8 Å². The quantitative estimate of drug-likeness (QED) is 0.815. The van der Waals surface area contributed by atoms with E-state index in [9.17, 15) is 12.8 Å². The van der Waals surface area contributed by atoms with Gasteiger partial charge in [-0.1, -0.05) is 6.07 Å². The van der Waals surface area contributed by atoms with Crippen molar-refractivity contribution in [2.75, 3.05) is 12.3 Å². The number of nitrogens with two attached hydrogens (primary N) is 1. The van der Waals surface area contributed by atoms with Gasteiger partial charge < -0.3 is 5.73 Å². The molecule has 0 fully saturated rings. The van der Waals surface area contributed by atoms with Crippen LogP contribution in [-0.2, 0) is 16.4 Å². The van der Waals surface area contributed by atoms with E-state index >= 15 is 0 Å². The van der Waals surface area contributed by atoms with Crippen molar-refractivity contribution in [1.29, 1.82) is 0 Å². The molecule has 0 spiro atoms. The molecule has 1 aromatic heterocycles. The molecule has 2 rings (SSSR count). The summed E-state index contributed by atoms with van der Waals surface area (Å²) < 4.78 is 39.6. The van der Waals surface area contributed by atoms with E-state index in [1.807, 2.05) is 6.07 Å². The lowest BCUT2D eigenvalue weighted by atomic mass is 10.2. The SMILES string of the molecule is Nc1ccc(S(=O)(=O)NCCc2cccnc2)cc1F. The third-order valence-electron chi connectivity index (χ3n) is 2.71. The molecule has 0 aliphatic rings. The summed E-state index contributed by atoms with van der Waals surface area (Å²) in [6.07, 6.45) is 3.81. The zero-order valence-electron chi connectivity index (χ0n) is 10.6. The van der Waals surface area contributed by atoms with Gasteiger partial charge in [0.1, 0.15) is 5.82 Å². The molecule has 0 unspecified atom stereocenters. The smallest absolute Gasteiger partial charge is 0.240 e. The molecule has 0 radical (unpaired) electrons. The van der Waals surface area contributed by atoms with Gasteiger partial charge in [0.15, 0.2) is 0 Å². The molecule has 5 nitrogen and oxygen atoms in total. The zero-order valence-corrected chi connectivity index (χ0v) is 11.4. The first-order chi connectivity index (χ1) is 9.49. The van der Waals surface area contributed by atoms with Gasteiger partial charge in [-0.15, -0.1) is 0 Å². The Morgan fingerprint density at radius 1 is 1.30 bits per heavy atom. The van der Waals surface area contributed by atoms with E-state index in [4.69, 9.17) is 5.73 Å². The van der Waals surface area contributed by atoms with Crippen LogP contribution in [0.1, 0.15) is 5.56 Å². The van der Waals surface area contributed by atoms with E-state index in [-0.39, 0.29) is 17.1 Å². The molecule has 0 saturated carbocycles. The minimum absolute atomic E-state index is 0.0840. The predicted molar refractivity (Wildman–Crippen MR) is 73.9 cm³/mol. The fourth-order valence-corrected chi connectivity index (χ4v) is 2.68. The first-order valence-electron chi connectivity index (χ1n) is 5.92. The standard InChI is InChI=1S/C13H14FN3O2S/c14-12-8-11(3-4-13(12)15)20(18,19)17-7-5-10-2-1-6-16-9-10/h1-4,6,8-9,17H,5,7,15H2. The Kier molecular flexibility index (Phi) is 4.31. The number of nitrogen functional groups attached to an aromatic ring is 1. The van der Waals surface area contributed by atoms with E-state index in [0.29, 0.717) is 6.42 Å². The monoisotopic (exact) mass is 295 g/mol. The number of sulfonamides is 1. The van der Waals surface area contributed by atoms with Gasteiger partial charge in [0, 0.05) is 18.9 Å². The lowest BCUT2D eigenvalue weighted by molar-refractivity contribution is 0.578. The Hall–Kier alpha value is -1.99. The van der Waals surface area contributed by atoms with Crippen molar-refractivity contribution in [1.82, 2.24) is 9.71 Å². The number of pyridine rings is 1. The summed E-state index contributed by atoms with van der Waals surface area (Å²) in [5.74, 6) is -0.750. The third-order valence-corrected chi connectivity index (χ3v) is 4.17. The van der Waals surface area contributed by atoms with Gasteiger partial charge in [0.2, 0.25) is 10.0 Å². The Labute approximate surface area is 116 Å². The molecule has 0 aliphatic carbocycles. The largest absolute Gasteiger partial charge is 0.396 e. The molecule has 1 aromatic carbocycles. The van der Waals surface area contributed by atoms with Crippen LogP contribution in [0.15, 0.2) is 47.6 Å². The van der Waals surface area contributed by atoms with Crippen LogP contribution in [0.2, 0.25) is 0 Å². The Morgan fingerprint density at radius 3 is 2.75 bits per heavy atom. The summed E-state index contributed by atoms with van der Waals surface area (Å²) in [5, 5.41) is 0. The lowest BCUT2D eigenvalue weighted by Gasteiger charge is -2.07. The molecule has 106 valence electrons.